The molecule has 194 valence electrons. The van der Waals surface area contributed by atoms with Crippen molar-refractivity contribution in [3.05, 3.63) is 90.0 Å². The van der Waals surface area contributed by atoms with E-state index in [9.17, 15) is 13.5 Å². The molecule has 2 atom stereocenters. The molecule has 0 spiro atoms. The van der Waals surface area contributed by atoms with E-state index in [1.165, 1.54) is 23.5 Å². The van der Waals surface area contributed by atoms with Crippen LogP contribution in [0.3, 0.4) is 0 Å². The summed E-state index contributed by atoms with van der Waals surface area (Å²) in [6.07, 6.45) is -0.635. The molecule has 8 heteroatoms. The second-order valence-corrected chi connectivity index (χ2v) is 11.2. The predicted molar refractivity (Wildman–Crippen MR) is 141 cm³/mol. The number of ether oxygens (including phenoxy) is 2. The molecule has 0 aliphatic rings. The predicted octanol–water partition coefficient (Wildman–Crippen LogP) is 3.85. The zero-order chi connectivity index (χ0) is 26.1. The van der Waals surface area contributed by atoms with Gasteiger partial charge in [0.05, 0.1) is 18.1 Å². The molecule has 0 saturated heterocycles. The number of sulfonamides is 1. The lowest BCUT2D eigenvalue weighted by atomic mass is 10.0. The summed E-state index contributed by atoms with van der Waals surface area (Å²) in [4.78, 5) is 0.149. The molecule has 0 aliphatic heterocycles. The molecule has 7 nitrogen and oxygen atoms in total. The summed E-state index contributed by atoms with van der Waals surface area (Å²) in [5.74, 6) is 1.39. The topological polar surface area (TPSA) is 102 Å². The van der Waals surface area contributed by atoms with Crippen LogP contribution in [0.1, 0.15) is 25.0 Å². The molecule has 0 amide bonds. The van der Waals surface area contributed by atoms with Crippen molar-refractivity contribution in [2.24, 2.45) is 11.7 Å². The molecule has 3 aromatic rings. The zero-order valence-corrected chi connectivity index (χ0v) is 21.9. The van der Waals surface area contributed by atoms with Crippen LogP contribution in [-0.2, 0) is 23.1 Å². The van der Waals surface area contributed by atoms with Gasteiger partial charge in [-0.15, -0.1) is 0 Å². The maximum Gasteiger partial charge on any atom is 0.243 e. The Balaban J connectivity index is 1.62. The highest BCUT2D eigenvalue weighted by atomic mass is 32.2. The van der Waals surface area contributed by atoms with E-state index >= 15 is 0 Å². The second kappa shape index (κ2) is 12.9. The van der Waals surface area contributed by atoms with Gasteiger partial charge in [-0.1, -0.05) is 56.3 Å². The molecule has 36 heavy (non-hydrogen) atoms. The number of hydrogen-bond donors (Lipinski definition) is 2. The Bertz CT molecular complexity index is 1170. The van der Waals surface area contributed by atoms with Gasteiger partial charge in [0.1, 0.15) is 18.1 Å². The summed E-state index contributed by atoms with van der Waals surface area (Å²) in [5.41, 5.74) is 8.32. The fourth-order valence-electron chi connectivity index (χ4n) is 3.79. The van der Waals surface area contributed by atoms with E-state index < -0.39 is 22.2 Å². The summed E-state index contributed by atoms with van der Waals surface area (Å²) in [6, 6.07) is 23.1. The quantitative estimate of drug-likeness (QED) is 0.361. The number of benzene rings is 3. The highest BCUT2D eigenvalue weighted by Crippen LogP contribution is 2.22. The van der Waals surface area contributed by atoms with Gasteiger partial charge in [-0.2, -0.15) is 4.31 Å². The molecule has 0 radical (unpaired) electrons. The number of nitrogens with two attached hydrogens (primary N) is 1. The average Bonchev–Trinajstić information content (AvgIpc) is 2.88. The highest BCUT2D eigenvalue weighted by molar-refractivity contribution is 7.89. The largest absolute Gasteiger partial charge is 0.497 e. The lowest BCUT2D eigenvalue weighted by molar-refractivity contribution is 0.116. The van der Waals surface area contributed by atoms with Gasteiger partial charge < -0.3 is 20.3 Å². The molecule has 1 unspecified atom stereocenters. The van der Waals surface area contributed by atoms with E-state index in [1.807, 2.05) is 68.4 Å². The van der Waals surface area contributed by atoms with Gasteiger partial charge in [-0.25, -0.2) is 8.42 Å². The summed E-state index contributed by atoms with van der Waals surface area (Å²) in [5, 5.41) is 10.8. The lowest BCUT2D eigenvalue weighted by Crippen LogP contribution is -2.47. The van der Waals surface area contributed by atoms with Crippen molar-refractivity contribution < 1.29 is 23.0 Å². The van der Waals surface area contributed by atoms with Crippen LogP contribution >= 0.6 is 0 Å². The minimum absolute atomic E-state index is 0.0740. The van der Waals surface area contributed by atoms with E-state index in [1.54, 1.807) is 12.1 Å². The maximum absolute atomic E-state index is 13.3. The van der Waals surface area contributed by atoms with E-state index in [0.29, 0.717) is 18.8 Å². The molecule has 0 saturated carbocycles. The number of hydrogen-bond acceptors (Lipinski definition) is 6. The van der Waals surface area contributed by atoms with Crippen LogP contribution in [0.15, 0.2) is 83.8 Å². The van der Waals surface area contributed by atoms with Crippen LogP contribution in [-0.4, -0.2) is 50.2 Å². The first-order chi connectivity index (χ1) is 17.2. The van der Waals surface area contributed by atoms with E-state index in [2.05, 4.69) is 0 Å². The molecule has 0 aromatic heterocycles. The number of aliphatic hydroxyl groups excluding tert-OH is 1. The first kappa shape index (κ1) is 27.7. The van der Waals surface area contributed by atoms with E-state index in [0.717, 1.165) is 16.9 Å². The Kier molecular flexibility index (Phi) is 9.89. The van der Waals surface area contributed by atoms with E-state index in [-0.39, 0.29) is 23.9 Å². The number of rotatable bonds is 13. The Hall–Kier alpha value is -2.91. The minimum atomic E-state index is -3.81. The highest BCUT2D eigenvalue weighted by Gasteiger charge is 2.29. The van der Waals surface area contributed by atoms with Gasteiger partial charge in [0.2, 0.25) is 10.0 Å². The van der Waals surface area contributed by atoms with Crippen molar-refractivity contribution in [1.29, 1.82) is 0 Å². The Morgan fingerprint density at radius 2 is 1.47 bits per heavy atom. The first-order valence-electron chi connectivity index (χ1n) is 12.0. The van der Waals surface area contributed by atoms with Crippen LogP contribution in [0.5, 0.6) is 11.5 Å². The number of aliphatic hydroxyl groups is 1. The molecule has 0 heterocycles. The molecule has 0 bridgehead atoms. The van der Waals surface area contributed by atoms with Gasteiger partial charge in [0.25, 0.3) is 0 Å². The smallest absolute Gasteiger partial charge is 0.243 e. The van der Waals surface area contributed by atoms with Crippen molar-refractivity contribution in [3.8, 4) is 11.5 Å². The van der Waals surface area contributed by atoms with Gasteiger partial charge in [-0.05, 0) is 59.9 Å². The molecular weight excluding hydrogens is 476 g/mol. The van der Waals surface area contributed by atoms with Crippen LogP contribution in [0.25, 0.3) is 0 Å². The normalized spacial score (nSPS) is 13.5. The van der Waals surface area contributed by atoms with Crippen molar-refractivity contribution in [2.45, 2.75) is 43.9 Å². The fraction of sp³-hybridized carbons (Fsp3) is 0.357. The Morgan fingerprint density at radius 1 is 0.861 bits per heavy atom. The van der Waals surface area contributed by atoms with Crippen LogP contribution in [0.2, 0.25) is 0 Å². The van der Waals surface area contributed by atoms with Gasteiger partial charge in [0, 0.05) is 19.1 Å². The first-order valence-corrected chi connectivity index (χ1v) is 13.5. The van der Waals surface area contributed by atoms with Crippen molar-refractivity contribution in [3.63, 3.8) is 0 Å². The number of methoxy groups -OCH3 is 1. The molecular formula is C28H36N2O5S. The van der Waals surface area contributed by atoms with Gasteiger partial charge >= 0.3 is 0 Å². The third-order valence-electron chi connectivity index (χ3n) is 5.79. The fourth-order valence-corrected chi connectivity index (χ4v) is 5.41. The van der Waals surface area contributed by atoms with Crippen LogP contribution < -0.4 is 15.2 Å². The maximum atomic E-state index is 13.3. The minimum Gasteiger partial charge on any atom is -0.497 e. The Morgan fingerprint density at radius 3 is 2.06 bits per heavy atom. The second-order valence-electron chi connectivity index (χ2n) is 9.24. The van der Waals surface area contributed by atoms with Crippen molar-refractivity contribution in [2.75, 3.05) is 20.2 Å². The zero-order valence-electron chi connectivity index (χ0n) is 21.1. The van der Waals surface area contributed by atoms with Crippen molar-refractivity contribution >= 4 is 10.0 Å². The summed E-state index contributed by atoms with van der Waals surface area (Å²) >= 11 is 0. The average molecular weight is 513 g/mol. The summed E-state index contributed by atoms with van der Waals surface area (Å²) < 4.78 is 38.9. The Labute approximate surface area is 214 Å². The molecule has 3 aromatic carbocycles. The van der Waals surface area contributed by atoms with Crippen LogP contribution in [0, 0.1) is 5.92 Å². The van der Waals surface area contributed by atoms with Gasteiger partial charge in [-0.3, -0.25) is 0 Å². The third kappa shape index (κ3) is 7.80. The van der Waals surface area contributed by atoms with Crippen molar-refractivity contribution in [1.82, 2.24) is 4.31 Å². The SMILES string of the molecule is COc1ccc(S(=O)(=O)N(CC(C)C)C[C@@H](O)C(N)Cc2ccc(OCc3ccccc3)cc2)cc1. The molecule has 0 aliphatic carbocycles. The van der Waals surface area contributed by atoms with Crippen LogP contribution in [0.4, 0.5) is 0 Å². The third-order valence-corrected chi connectivity index (χ3v) is 7.64. The summed E-state index contributed by atoms with van der Waals surface area (Å²) in [6.45, 7) is 4.53. The standard InChI is InChI=1S/C28H36N2O5S/c1-21(2)18-30(36(32,33)26-15-13-24(34-3)14-16-26)19-28(31)27(29)17-22-9-11-25(12-10-22)35-20-23-7-5-4-6-8-23/h4-16,21,27-28,31H,17-20,29H2,1-3H3/t27?,28-/m1/s1. The monoisotopic (exact) mass is 512 g/mol. The molecule has 3 N–H and O–H groups in total. The molecule has 0 fully saturated rings. The lowest BCUT2D eigenvalue weighted by Gasteiger charge is -2.28. The van der Waals surface area contributed by atoms with E-state index in [4.69, 9.17) is 15.2 Å². The molecule has 3 rings (SSSR count). The summed E-state index contributed by atoms with van der Waals surface area (Å²) in [7, 11) is -2.29. The number of nitrogens with zero attached hydrogens (tertiary/aromatic N) is 1. The van der Waals surface area contributed by atoms with Gasteiger partial charge in [0.15, 0.2) is 0 Å².